The van der Waals surface area contributed by atoms with E-state index in [2.05, 4.69) is 4.74 Å². The lowest BCUT2D eigenvalue weighted by Gasteiger charge is -2.09. The van der Waals surface area contributed by atoms with Crippen LogP contribution in [0.1, 0.15) is 5.56 Å². The van der Waals surface area contributed by atoms with Gasteiger partial charge in [-0.3, -0.25) is 4.79 Å². The van der Waals surface area contributed by atoms with Crippen molar-refractivity contribution in [1.82, 2.24) is 0 Å². The summed E-state index contributed by atoms with van der Waals surface area (Å²) in [5.74, 6) is -1.04. The van der Waals surface area contributed by atoms with E-state index in [0.29, 0.717) is 5.56 Å². The van der Waals surface area contributed by atoms with Gasteiger partial charge in [0.2, 0.25) is 0 Å². The second-order valence-corrected chi connectivity index (χ2v) is 2.95. The van der Waals surface area contributed by atoms with Crippen LogP contribution in [0.5, 0.6) is 5.75 Å². The summed E-state index contributed by atoms with van der Waals surface area (Å²) in [5.41, 5.74) is 0.619. The van der Waals surface area contributed by atoms with E-state index in [9.17, 15) is 9.18 Å². The van der Waals surface area contributed by atoms with Crippen LogP contribution >= 0.6 is 0 Å². The summed E-state index contributed by atoms with van der Waals surface area (Å²) in [4.78, 5) is 11.0. The molecule has 0 saturated heterocycles. The maximum atomic E-state index is 13.3. The molecule has 0 amide bonds. The Morgan fingerprint density at radius 2 is 2.13 bits per heavy atom. The highest BCUT2D eigenvalue weighted by Gasteiger charge is 2.13. The topological polar surface area (TPSA) is 35.5 Å². The van der Waals surface area contributed by atoms with Crippen LogP contribution in [-0.4, -0.2) is 28.0 Å². The van der Waals surface area contributed by atoms with Crippen molar-refractivity contribution in [1.29, 1.82) is 0 Å². The highest BCUT2D eigenvalue weighted by molar-refractivity contribution is 6.32. The Morgan fingerprint density at radius 1 is 1.47 bits per heavy atom. The summed E-state index contributed by atoms with van der Waals surface area (Å²) < 4.78 is 22.6. The smallest absolute Gasteiger partial charge is 0.310 e. The average molecular weight is 208 g/mol. The first-order valence-electron chi connectivity index (χ1n) is 4.27. The van der Waals surface area contributed by atoms with Crippen LogP contribution in [0.15, 0.2) is 12.1 Å². The van der Waals surface area contributed by atoms with Gasteiger partial charge in [0, 0.05) is 5.56 Å². The predicted octanol–water partition coefficient (Wildman–Crippen LogP) is 0.344. The van der Waals surface area contributed by atoms with Gasteiger partial charge in [0.25, 0.3) is 0 Å². The Hall–Kier alpha value is -1.52. The molecule has 1 aromatic carbocycles. The van der Waals surface area contributed by atoms with Crippen molar-refractivity contribution < 1.29 is 18.7 Å². The molecule has 2 radical (unpaired) electrons. The Labute approximate surface area is 88.6 Å². The van der Waals surface area contributed by atoms with Crippen LogP contribution in [0, 0.1) is 5.82 Å². The second-order valence-electron chi connectivity index (χ2n) is 2.95. The van der Waals surface area contributed by atoms with Crippen LogP contribution in [0.25, 0.3) is 0 Å². The quantitative estimate of drug-likeness (QED) is 0.530. The van der Waals surface area contributed by atoms with Crippen molar-refractivity contribution in [2.24, 2.45) is 0 Å². The largest absolute Gasteiger partial charge is 0.493 e. The van der Waals surface area contributed by atoms with Gasteiger partial charge in [-0.1, -0.05) is 11.5 Å². The number of esters is 1. The van der Waals surface area contributed by atoms with E-state index < -0.39 is 11.8 Å². The lowest BCUT2D eigenvalue weighted by molar-refractivity contribution is -0.139. The number of halogens is 1. The molecule has 3 nitrogen and oxygen atoms in total. The molecule has 0 heterocycles. The molecule has 0 aromatic heterocycles. The zero-order chi connectivity index (χ0) is 11.4. The predicted molar refractivity (Wildman–Crippen MR) is 54.1 cm³/mol. The van der Waals surface area contributed by atoms with Crippen molar-refractivity contribution in [2.45, 2.75) is 6.42 Å². The molecule has 78 valence electrons. The van der Waals surface area contributed by atoms with Crippen LogP contribution in [-0.2, 0) is 16.0 Å². The van der Waals surface area contributed by atoms with Gasteiger partial charge in [-0.05, 0) is 6.07 Å². The monoisotopic (exact) mass is 208 g/mol. The Morgan fingerprint density at radius 3 is 2.67 bits per heavy atom. The van der Waals surface area contributed by atoms with Gasteiger partial charge in [0.1, 0.15) is 7.85 Å². The van der Waals surface area contributed by atoms with E-state index in [-0.39, 0.29) is 17.6 Å². The van der Waals surface area contributed by atoms with E-state index in [1.807, 2.05) is 0 Å². The third kappa shape index (κ3) is 2.71. The lowest BCUT2D eigenvalue weighted by atomic mass is 9.93. The van der Waals surface area contributed by atoms with E-state index in [1.165, 1.54) is 20.3 Å². The van der Waals surface area contributed by atoms with Gasteiger partial charge in [-0.2, -0.15) is 0 Å². The number of methoxy groups -OCH3 is 2. The molecule has 0 spiro atoms. The molecule has 0 aliphatic carbocycles. The number of carbonyl (C=O) groups excluding carboxylic acids is 1. The summed E-state index contributed by atoms with van der Waals surface area (Å²) >= 11 is 0. The highest BCUT2D eigenvalue weighted by Crippen LogP contribution is 2.21. The molecular formula is C10H10BFO3. The van der Waals surface area contributed by atoms with E-state index in [1.54, 1.807) is 0 Å². The summed E-state index contributed by atoms with van der Waals surface area (Å²) in [5, 5.41) is 0. The Balaban J connectivity index is 3.09. The minimum absolute atomic E-state index is 0.0228. The van der Waals surface area contributed by atoms with Gasteiger partial charge in [-0.25, -0.2) is 4.39 Å². The zero-order valence-electron chi connectivity index (χ0n) is 8.54. The van der Waals surface area contributed by atoms with Crippen molar-refractivity contribution in [3.05, 3.63) is 23.5 Å². The SMILES string of the molecule is [B]c1cc(F)c(OC)c(CC(=O)OC)c1. The number of carbonyl (C=O) groups is 1. The molecule has 5 heteroatoms. The van der Waals surface area contributed by atoms with E-state index in [4.69, 9.17) is 12.6 Å². The van der Waals surface area contributed by atoms with Crippen molar-refractivity contribution in [2.75, 3.05) is 14.2 Å². The molecule has 0 aliphatic rings. The van der Waals surface area contributed by atoms with Crippen LogP contribution in [0.3, 0.4) is 0 Å². The number of benzene rings is 1. The molecule has 0 bridgehead atoms. The fourth-order valence-corrected chi connectivity index (χ4v) is 1.26. The summed E-state index contributed by atoms with van der Waals surface area (Å²) in [6, 6.07) is 2.62. The van der Waals surface area contributed by atoms with Gasteiger partial charge >= 0.3 is 5.97 Å². The lowest BCUT2D eigenvalue weighted by Crippen LogP contribution is -2.12. The molecule has 1 aromatic rings. The van der Waals surface area contributed by atoms with Gasteiger partial charge in [0.15, 0.2) is 11.6 Å². The first kappa shape index (κ1) is 11.6. The standard InChI is InChI=1S/C10H10BFO3/c1-14-9(13)4-6-3-7(11)5-8(12)10(6)15-2/h3,5H,4H2,1-2H3. The molecule has 0 atom stereocenters. The zero-order valence-corrected chi connectivity index (χ0v) is 8.54. The second kappa shape index (κ2) is 4.82. The molecule has 0 fully saturated rings. The molecule has 15 heavy (non-hydrogen) atoms. The van der Waals surface area contributed by atoms with Gasteiger partial charge in [-0.15, -0.1) is 0 Å². The number of hydrogen-bond donors (Lipinski definition) is 0. The van der Waals surface area contributed by atoms with Crippen LogP contribution < -0.4 is 10.2 Å². The van der Waals surface area contributed by atoms with Crippen LogP contribution in [0.4, 0.5) is 4.39 Å². The van der Waals surface area contributed by atoms with Crippen LogP contribution in [0.2, 0.25) is 0 Å². The Kier molecular flexibility index (Phi) is 3.71. The first-order valence-corrected chi connectivity index (χ1v) is 4.27. The molecule has 1 rings (SSSR count). The molecule has 0 aliphatic heterocycles. The maximum Gasteiger partial charge on any atom is 0.310 e. The minimum Gasteiger partial charge on any atom is -0.493 e. The van der Waals surface area contributed by atoms with E-state index >= 15 is 0 Å². The Bertz CT molecular complexity index is 379. The molecule has 0 N–H and O–H groups in total. The maximum absolute atomic E-state index is 13.3. The van der Waals surface area contributed by atoms with E-state index in [0.717, 1.165) is 6.07 Å². The van der Waals surface area contributed by atoms with Gasteiger partial charge in [0.05, 0.1) is 20.6 Å². The third-order valence-electron chi connectivity index (χ3n) is 1.91. The van der Waals surface area contributed by atoms with Crippen molar-refractivity contribution in [3.8, 4) is 5.75 Å². The van der Waals surface area contributed by atoms with Crippen molar-refractivity contribution in [3.63, 3.8) is 0 Å². The first-order chi connectivity index (χ1) is 7.08. The number of rotatable bonds is 3. The summed E-state index contributed by atoms with van der Waals surface area (Å²) in [6.07, 6.45) is -0.0678. The third-order valence-corrected chi connectivity index (χ3v) is 1.91. The van der Waals surface area contributed by atoms with Crippen molar-refractivity contribution >= 4 is 19.3 Å². The normalized spacial score (nSPS) is 9.80. The fraction of sp³-hybridized carbons (Fsp3) is 0.300. The fourth-order valence-electron chi connectivity index (χ4n) is 1.26. The van der Waals surface area contributed by atoms with Gasteiger partial charge < -0.3 is 9.47 Å². The molecular weight excluding hydrogens is 198 g/mol. The molecule has 0 saturated carbocycles. The average Bonchev–Trinajstić information content (AvgIpc) is 2.17. The highest BCUT2D eigenvalue weighted by atomic mass is 19.1. The number of ether oxygens (including phenoxy) is 2. The summed E-state index contributed by atoms with van der Waals surface area (Å²) in [6.45, 7) is 0. The summed E-state index contributed by atoms with van der Waals surface area (Å²) in [7, 11) is 8.04. The molecule has 0 unspecified atom stereocenters. The minimum atomic E-state index is -0.587. The number of hydrogen-bond acceptors (Lipinski definition) is 3.